The molecule has 0 saturated heterocycles. The average molecular weight is 337 g/mol. The summed E-state index contributed by atoms with van der Waals surface area (Å²) in [6.07, 6.45) is 0. The molecule has 0 aliphatic rings. The zero-order valence-corrected chi connectivity index (χ0v) is 9.89. The maximum Gasteiger partial charge on any atom is 0.0924 e. The van der Waals surface area contributed by atoms with Crippen LogP contribution in [0.25, 0.3) is 10.9 Å². The second kappa shape index (κ2) is 3.33. The number of hydrogen-bond donors (Lipinski definition) is 1. The lowest BCUT2D eigenvalue weighted by Gasteiger charge is -1.91. The van der Waals surface area contributed by atoms with Gasteiger partial charge >= 0.3 is 0 Å². The Balaban J connectivity index is 2.75. The van der Waals surface area contributed by atoms with E-state index < -0.39 is 0 Å². The van der Waals surface area contributed by atoms with Gasteiger partial charge in [-0.25, -0.2) is 0 Å². The van der Waals surface area contributed by atoms with Gasteiger partial charge in [0.25, 0.3) is 0 Å². The summed E-state index contributed by atoms with van der Waals surface area (Å²) in [5, 5.41) is 9.19. The molecule has 0 aliphatic carbocycles. The SMILES string of the molecule is BrCc1[nH]nc2ccc(I)cc12. The Morgan fingerprint density at radius 2 is 2.33 bits per heavy atom. The van der Waals surface area contributed by atoms with Gasteiger partial charge in [0.2, 0.25) is 0 Å². The molecule has 4 heteroatoms. The van der Waals surface area contributed by atoms with E-state index in [1.54, 1.807) is 0 Å². The van der Waals surface area contributed by atoms with E-state index in [2.05, 4.69) is 60.9 Å². The van der Waals surface area contributed by atoms with Crippen LogP contribution in [0.15, 0.2) is 18.2 Å². The van der Waals surface area contributed by atoms with E-state index in [0.717, 1.165) is 16.5 Å². The average Bonchev–Trinajstić information content (AvgIpc) is 2.46. The number of H-pyrrole nitrogens is 1. The van der Waals surface area contributed by atoms with Crippen LogP contribution in [0.5, 0.6) is 0 Å². The van der Waals surface area contributed by atoms with Crippen molar-refractivity contribution < 1.29 is 0 Å². The van der Waals surface area contributed by atoms with E-state index in [9.17, 15) is 0 Å². The van der Waals surface area contributed by atoms with Crippen molar-refractivity contribution in [3.8, 4) is 0 Å². The normalized spacial score (nSPS) is 10.8. The zero-order valence-electron chi connectivity index (χ0n) is 6.14. The van der Waals surface area contributed by atoms with Crippen LogP contribution in [-0.2, 0) is 5.33 Å². The minimum Gasteiger partial charge on any atom is -0.280 e. The van der Waals surface area contributed by atoms with Crippen molar-refractivity contribution in [1.29, 1.82) is 0 Å². The van der Waals surface area contributed by atoms with Gasteiger partial charge in [-0.15, -0.1) is 0 Å². The van der Waals surface area contributed by atoms with Crippen LogP contribution >= 0.6 is 38.5 Å². The number of rotatable bonds is 1. The van der Waals surface area contributed by atoms with Gasteiger partial charge in [0, 0.05) is 14.3 Å². The molecular formula is C8H6BrIN2. The van der Waals surface area contributed by atoms with Gasteiger partial charge in [-0.05, 0) is 40.8 Å². The third kappa shape index (κ3) is 1.37. The van der Waals surface area contributed by atoms with Crippen LogP contribution in [0.4, 0.5) is 0 Å². The minimum absolute atomic E-state index is 0.823. The Bertz CT molecular complexity index is 410. The maximum absolute atomic E-state index is 4.17. The van der Waals surface area contributed by atoms with E-state index in [1.807, 2.05) is 6.07 Å². The zero-order chi connectivity index (χ0) is 8.55. The molecule has 0 bridgehead atoms. The third-order valence-electron chi connectivity index (χ3n) is 1.73. The Morgan fingerprint density at radius 3 is 3.08 bits per heavy atom. The highest BCUT2D eigenvalue weighted by Gasteiger charge is 2.02. The summed E-state index contributed by atoms with van der Waals surface area (Å²) in [6.45, 7) is 0. The Kier molecular flexibility index (Phi) is 2.36. The van der Waals surface area contributed by atoms with Crippen molar-refractivity contribution in [2.45, 2.75) is 5.33 Å². The number of benzene rings is 1. The van der Waals surface area contributed by atoms with Crippen molar-refractivity contribution in [2.24, 2.45) is 0 Å². The van der Waals surface area contributed by atoms with Crippen LogP contribution in [-0.4, -0.2) is 10.2 Å². The van der Waals surface area contributed by atoms with Gasteiger partial charge in [-0.3, -0.25) is 5.10 Å². The van der Waals surface area contributed by atoms with Crippen LogP contribution in [0, 0.1) is 3.57 Å². The largest absolute Gasteiger partial charge is 0.280 e. The van der Waals surface area contributed by atoms with E-state index in [0.29, 0.717) is 0 Å². The lowest BCUT2D eigenvalue weighted by molar-refractivity contribution is 1.06. The fourth-order valence-corrected chi connectivity index (χ4v) is 2.06. The Morgan fingerprint density at radius 1 is 1.50 bits per heavy atom. The molecule has 0 spiro atoms. The summed E-state index contributed by atoms with van der Waals surface area (Å²) in [5.74, 6) is 0. The Labute approximate surface area is 92.0 Å². The first-order chi connectivity index (χ1) is 5.81. The summed E-state index contributed by atoms with van der Waals surface area (Å²) in [7, 11) is 0. The summed E-state index contributed by atoms with van der Waals surface area (Å²) in [4.78, 5) is 0. The predicted octanol–water partition coefficient (Wildman–Crippen LogP) is 3.06. The summed E-state index contributed by atoms with van der Waals surface area (Å²) >= 11 is 5.71. The fraction of sp³-hybridized carbons (Fsp3) is 0.125. The molecule has 0 aliphatic heterocycles. The van der Waals surface area contributed by atoms with Crippen molar-refractivity contribution in [3.05, 3.63) is 27.5 Å². The molecule has 62 valence electrons. The maximum atomic E-state index is 4.17. The van der Waals surface area contributed by atoms with Gasteiger partial charge in [-0.1, -0.05) is 15.9 Å². The highest BCUT2D eigenvalue weighted by atomic mass is 127. The topological polar surface area (TPSA) is 28.7 Å². The van der Waals surface area contributed by atoms with Crippen LogP contribution in [0.2, 0.25) is 0 Å². The van der Waals surface area contributed by atoms with Crippen LogP contribution < -0.4 is 0 Å². The van der Waals surface area contributed by atoms with E-state index in [1.165, 1.54) is 8.96 Å². The van der Waals surface area contributed by atoms with Gasteiger partial charge in [0.1, 0.15) is 0 Å². The molecule has 0 amide bonds. The molecule has 0 saturated carbocycles. The number of aromatic nitrogens is 2. The Hall–Kier alpha value is -0.100. The van der Waals surface area contributed by atoms with Crippen LogP contribution in [0.1, 0.15) is 5.69 Å². The number of nitrogens with one attached hydrogen (secondary N) is 1. The van der Waals surface area contributed by atoms with Gasteiger partial charge in [-0.2, -0.15) is 5.10 Å². The second-order valence-corrected chi connectivity index (χ2v) is 4.30. The molecule has 2 nitrogen and oxygen atoms in total. The van der Waals surface area contributed by atoms with Crippen molar-refractivity contribution in [3.63, 3.8) is 0 Å². The number of halogens is 2. The molecule has 2 rings (SSSR count). The smallest absolute Gasteiger partial charge is 0.0924 e. The molecule has 0 radical (unpaired) electrons. The summed E-state index contributed by atoms with van der Waals surface area (Å²) in [5.41, 5.74) is 2.17. The first-order valence-electron chi connectivity index (χ1n) is 3.50. The molecule has 1 aromatic carbocycles. The summed E-state index contributed by atoms with van der Waals surface area (Å²) in [6, 6.07) is 6.22. The second-order valence-electron chi connectivity index (χ2n) is 2.50. The van der Waals surface area contributed by atoms with Gasteiger partial charge < -0.3 is 0 Å². The standard InChI is InChI=1S/C8H6BrIN2/c9-4-8-6-3-5(10)1-2-7(6)11-12-8/h1-3H,4H2,(H,11,12). The molecular weight excluding hydrogens is 331 g/mol. The molecule has 12 heavy (non-hydrogen) atoms. The minimum atomic E-state index is 0.823. The highest BCUT2D eigenvalue weighted by molar-refractivity contribution is 14.1. The lowest BCUT2D eigenvalue weighted by Crippen LogP contribution is -1.76. The highest BCUT2D eigenvalue weighted by Crippen LogP contribution is 2.20. The number of hydrogen-bond acceptors (Lipinski definition) is 1. The molecule has 1 aromatic heterocycles. The fourth-order valence-electron chi connectivity index (χ4n) is 1.14. The molecule has 2 aromatic rings. The van der Waals surface area contributed by atoms with Gasteiger partial charge in [0.15, 0.2) is 0 Å². The van der Waals surface area contributed by atoms with Gasteiger partial charge in [0.05, 0.1) is 11.2 Å². The third-order valence-corrected chi connectivity index (χ3v) is 2.96. The number of nitrogens with zero attached hydrogens (tertiary/aromatic N) is 1. The van der Waals surface area contributed by atoms with Crippen LogP contribution in [0.3, 0.4) is 0 Å². The van der Waals surface area contributed by atoms with Crippen molar-refractivity contribution in [1.82, 2.24) is 10.2 Å². The lowest BCUT2D eigenvalue weighted by atomic mass is 10.2. The van der Waals surface area contributed by atoms with Crippen molar-refractivity contribution in [2.75, 3.05) is 0 Å². The quantitative estimate of drug-likeness (QED) is 0.629. The monoisotopic (exact) mass is 336 g/mol. The molecule has 1 N–H and O–H groups in total. The molecule has 1 heterocycles. The van der Waals surface area contributed by atoms with Crippen molar-refractivity contribution >= 4 is 49.4 Å². The van der Waals surface area contributed by atoms with E-state index in [4.69, 9.17) is 0 Å². The van der Waals surface area contributed by atoms with E-state index >= 15 is 0 Å². The summed E-state index contributed by atoms with van der Waals surface area (Å²) < 4.78 is 1.24. The predicted molar refractivity (Wildman–Crippen MR) is 61.4 cm³/mol. The first kappa shape index (κ1) is 8.50. The first-order valence-corrected chi connectivity index (χ1v) is 5.70. The molecule has 0 atom stereocenters. The molecule has 0 unspecified atom stereocenters. The molecule has 0 fully saturated rings. The number of alkyl halides is 1. The number of fused-ring (bicyclic) bond motifs is 1. The number of aromatic amines is 1. The van der Waals surface area contributed by atoms with E-state index in [-0.39, 0.29) is 0 Å².